The number of halogens is 1. The van der Waals surface area contributed by atoms with E-state index in [1.54, 1.807) is 17.0 Å². The molecule has 2 amide bonds. The third-order valence-electron chi connectivity index (χ3n) is 6.87. The Hall–Kier alpha value is -3.37. The summed E-state index contributed by atoms with van der Waals surface area (Å²) < 4.78 is 0. The lowest BCUT2D eigenvalue weighted by Gasteiger charge is -2.32. The van der Waals surface area contributed by atoms with Crippen LogP contribution in [0, 0.1) is 0 Å². The quantitative estimate of drug-likeness (QED) is 0.296. The fraction of sp³-hybridized carbons (Fsp3) is 0.312. The SMILES string of the molecule is O=C(NCCC1=CCCCC1)C(Cc1ccccc1)N(Cc1ccccc1)C(=O)Cc1ccc(Cl)cc1. The molecule has 1 aliphatic rings. The molecule has 0 saturated heterocycles. The van der Waals surface area contributed by atoms with Crippen molar-refractivity contribution in [2.75, 3.05) is 6.54 Å². The molecule has 192 valence electrons. The van der Waals surface area contributed by atoms with E-state index in [4.69, 9.17) is 11.6 Å². The maximum atomic E-state index is 13.8. The smallest absolute Gasteiger partial charge is 0.243 e. The summed E-state index contributed by atoms with van der Waals surface area (Å²) in [5.41, 5.74) is 4.31. The van der Waals surface area contributed by atoms with Gasteiger partial charge in [-0.2, -0.15) is 0 Å². The number of carbonyl (C=O) groups excluding carboxylic acids is 2. The van der Waals surface area contributed by atoms with Crippen LogP contribution in [0.15, 0.2) is 96.6 Å². The average molecular weight is 515 g/mol. The molecule has 5 heteroatoms. The van der Waals surface area contributed by atoms with Crippen LogP contribution in [0.4, 0.5) is 0 Å². The Bertz CT molecular complexity index is 1180. The van der Waals surface area contributed by atoms with Crippen molar-refractivity contribution in [3.63, 3.8) is 0 Å². The van der Waals surface area contributed by atoms with Crippen LogP contribution in [0.3, 0.4) is 0 Å². The molecule has 1 aliphatic carbocycles. The van der Waals surface area contributed by atoms with Gasteiger partial charge in [0.05, 0.1) is 6.42 Å². The number of nitrogens with one attached hydrogen (secondary N) is 1. The lowest BCUT2D eigenvalue weighted by molar-refractivity contribution is -0.140. The Morgan fingerprint density at radius 2 is 1.51 bits per heavy atom. The van der Waals surface area contributed by atoms with Gasteiger partial charge in [0.1, 0.15) is 6.04 Å². The maximum Gasteiger partial charge on any atom is 0.243 e. The van der Waals surface area contributed by atoms with Gasteiger partial charge in [-0.05, 0) is 60.9 Å². The van der Waals surface area contributed by atoms with Crippen LogP contribution in [-0.2, 0) is 29.0 Å². The summed E-state index contributed by atoms with van der Waals surface area (Å²) in [5, 5.41) is 3.78. The zero-order valence-electron chi connectivity index (χ0n) is 21.2. The number of carbonyl (C=O) groups is 2. The first kappa shape index (κ1) is 26.7. The summed E-state index contributed by atoms with van der Waals surface area (Å²) in [6.07, 6.45) is 8.55. The highest BCUT2D eigenvalue weighted by molar-refractivity contribution is 6.30. The monoisotopic (exact) mass is 514 g/mol. The van der Waals surface area contributed by atoms with Crippen LogP contribution >= 0.6 is 11.6 Å². The van der Waals surface area contributed by atoms with E-state index in [-0.39, 0.29) is 18.2 Å². The Kier molecular flexibility index (Phi) is 9.96. The normalized spacial score (nSPS) is 13.9. The molecule has 1 unspecified atom stereocenters. The molecule has 4 rings (SSSR count). The predicted molar refractivity (Wildman–Crippen MR) is 150 cm³/mol. The minimum atomic E-state index is -0.622. The average Bonchev–Trinajstić information content (AvgIpc) is 2.93. The van der Waals surface area contributed by atoms with Crippen LogP contribution in [0.25, 0.3) is 0 Å². The lowest BCUT2D eigenvalue weighted by Crippen LogP contribution is -2.51. The molecule has 37 heavy (non-hydrogen) atoms. The van der Waals surface area contributed by atoms with Crippen LogP contribution in [0.1, 0.15) is 48.8 Å². The van der Waals surface area contributed by atoms with Crippen molar-refractivity contribution in [1.29, 1.82) is 0 Å². The van der Waals surface area contributed by atoms with Crippen molar-refractivity contribution in [3.05, 3.63) is 118 Å². The molecule has 1 atom stereocenters. The Morgan fingerprint density at radius 1 is 0.838 bits per heavy atom. The van der Waals surface area contributed by atoms with Gasteiger partial charge in [-0.1, -0.05) is 96.0 Å². The molecule has 0 heterocycles. The van der Waals surface area contributed by atoms with E-state index in [2.05, 4.69) is 11.4 Å². The highest BCUT2D eigenvalue weighted by atomic mass is 35.5. The summed E-state index contributed by atoms with van der Waals surface area (Å²) in [4.78, 5) is 29.2. The first-order valence-corrected chi connectivity index (χ1v) is 13.5. The lowest BCUT2D eigenvalue weighted by atomic mass is 9.97. The van der Waals surface area contributed by atoms with Gasteiger partial charge >= 0.3 is 0 Å². The van der Waals surface area contributed by atoms with Gasteiger partial charge in [-0.3, -0.25) is 9.59 Å². The minimum absolute atomic E-state index is 0.0859. The number of amides is 2. The molecule has 4 nitrogen and oxygen atoms in total. The van der Waals surface area contributed by atoms with E-state index in [9.17, 15) is 9.59 Å². The van der Waals surface area contributed by atoms with Crippen molar-refractivity contribution in [2.45, 2.75) is 57.5 Å². The third-order valence-corrected chi connectivity index (χ3v) is 7.12. The number of nitrogens with zero attached hydrogens (tertiary/aromatic N) is 1. The molecule has 0 radical (unpaired) electrons. The van der Waals surface area contributed by atoms with Gasteiger partial charge in [0.2, 0.25) is 11.8 Å². The molecule has 0 fully saturated rings. The number of hydrogen-bond acceptors (Lipinski definition) is 2. The van der Waals surface area contributed by atoms with Crippen molar-refractivity contribution in [2.24, 2.45) is 0 Å². The molecule has 3 aromatic rings. The van der Waals surface area contributed by atoms with Gasteiger partial charge in [0.25, 0.3) is 0 Å². The van der Waals surface area contributed by atoms with Crippen LogP contribution in [0.2, 0.25) is 5.02 Å². The van der Waals surface area contributed by atoms with Crippen molar-refractivity contribution >= 4 is 23.4 Å². The topological polar surface area (TPSA) is 49.4 Å². The molecular weight excluding hydrogens is 480 g/mol. The summed E-state index contributed by atoms with van der Waals surface area (Å²) in [5.74, 6) is -0.196. The number of allylic oxidation sites excluding steroid dienone is 1. The van der Waals surface area contributed by atoms with Crippen molar-refractivity contribution in [1.82, 2.24) is 10.2 Å². The third kappa shape index (κ3) is 8.33. The first-order valence-electron chi connectivity index (χ1n) is 13.2. The second-order valence-corrected chi connectivity index (χ2v) is 10.1. The van der Waals surface area contributed by atoms with E-state index in [1.807, 2.05) is 72.8 Å². The van der Waals surface area contributed by atoms with Gasteiger partial charge in [-0.25, -0.2) is 0 Å². The fourth-order valence-electron chi connectivity index (χ4n) is 4.81. The van der Waals surface area contributed by atoms with E-state index in [0.717, 1.165) is 36.0 Å². The standard InChI is InChI=1S/C32H35ClN2O2/c33-29-18-16-27(17-19-29)23-31(36)35(24-28-14-8-3-9-15-28)30(22-26-12-6-2-7-13-26)32(37)34-21-20-25-10-4-1-5-11-25/h2-3,6-10,12-19,30H,1,4-5,11,20-24H2,(H,34,37). The predicted octanol–water partition coefficient (Wildman–Crippen LogP) is 6.53. The Morgan fingerprint density at radius 3 is 2.16 bits per heavy atom. The van der Waals surface area contributed by atoms with Crippen LogP contribution < -0.4 is 5.32 Å². The first-order chi connectivity index (χ1) is 18.1. The molecule has 3 aromatic carbocycles. The highest BCUT2D eigenvalue weighted by Gasteiger charge is 2.30. The van der Waals surface area contributed by atoms with Gasteiger partial charge in [-0.15, -0.1) is 0 Å². The molecule has 0 saturated carbocycles. The number of benzene rings is 3. The summed E-state index contributed by atoms with van der Waals surface area (Å²) in [6, 6.07) is 26.5. The zero-order valence-corrected chi connectivity index (χ0v) is 22.0. The summed E-state index contributed by atoms with van der Waals surface area (Å²) in [6.45, 7) is 0.948. The highest BCUT2D eigenvalue weighted by Crippen LogP contribution is 2.20. The minimum Gasteiger partial charge on any atom is -0.354 e. The second kappa shape index (κ2) is 13.8. The number of hydrogen-bond donors (Lipinski definition) is 1. The zero-order chi connectivity index (χ0) is 25.9. The van der Waals surface area contributed by atoms with E-state index in [0.29, 0.717) is 24.5 Å². The van der Waals surface area contributed by atoms with Gasteiger partial charge in [0, 0.05) is 24.5 Å². The molecule has 0 aromatic heterocycles. The van der Waals surface area contributed by atoms with Crippen molar-refractivity contribution < 1.29 is 9.59 Å². The van der Waals surface area contributed by atoms with E-state index in [1.165, 1.54) is 18.4 Å². The van der Waals surface area contributed by atoms with Crippen LogP contribution in [0.5, 0.6) is 0 Å². The van der Waals surface area contributed by atoms with Crippen LogP contribution in [-0.4, -0.2) is 29.3 Å². The Balaban J connectivity index is 1.57. The maximum absolute atomic E-state index is 13.8. The van der Waals surface area contributed by atoms with E-state index < -0.39 is 6.04 Å². The van der Waals surface area contributed by atoms with Crippen molar-refractivity contribution in [3.8, 4) is 0 Å². The van der Waals surface area contributed by atoms with Gasteiger partial charge in [0.15, 0.2) is 0 Å². The Labute approximate surface area is 225 Å². The molecular formula is C32H35ClN2O2. The number of rotatable bonds is 11. The van der Waals surface area contributed by atoms with E-state index >= 15 is 0 Å². The molecule has 0 aliphatic heterocycles. The second-order valence-electron chi connectivity index (χ2n) is 9.67. The fourth-order valence-corrected chi connectivity index (χ4v) is 4.93. The van der Waals surface area contributed by atoms with Gasteiger partial charge < -0.3 is 10.2 Å². The summed E-state index contributed by atoms with van der Waals surface area (Å²) >= 11 is 6.05. The molecule has 0 bridgehead atoms. The molecule has 1 N–H and O–H groups in total. The summed E-state index contributed by atoms with van der Waals surface area (Å²) in [7, 11) is 0. The molecule has 0 spiro atoms. The largest absolute Gasteiger partial charge is 0.354 e.